The maximum atomic E-state index is 13.7. The summed E-state index contributed by atoms with van der Waals surface area (Å²) in [5, 5.41) is 14.1. The van der Waals surface area contributed by atoms with Gasteiger partial charge in [0.25, 0.3) is 0 Å². The molecular formula is C43H65NO8. The van der Waals surface area contributed by atoms with Gasteiger partial charge in [0, 0.05) is 13.0 Å². The van der Waals surface area contributed by atoms with Crippen LogP contribution in [-0.2, 0) is 46.1 Å². The Morgan fingerprint density at radius 2 is 1.46 bits per heavy atom. The first kappa shape index (κ1) is 41.9. The monoisotopic (exact) mass is 723 g/mol. The maximum Gasteiger partial charge on any atom is 0.306 e. The van der Waals surface area contributed by atoms with Crippen LogP contribution >= 0.6 is 0 Å². The van der Waals surface area contributed by atoms with Crippen LogP contribution in [0.15, 0.2) is 60.7 Å². The lowest BCUT2D eigenvalue weighted by atomic mass is 9.94. The predicted molar refractivity (Wildman–Crippen MR) is 203 cm³/mol. The molecule has 2 saturated heterocycles. The molecule has 4 rings (SSSR count). The second-order valence-corrected chi connectivity index (χ2v) is 15.0. The summed E-state index contributed by atoms with van der Waals surface area (Å²) in [6.07, 6.45) is 12.4. The molecule has 2 fully saturated rings. The van der Waals surface area contributed by atoms with Crippen LogP contribution in [0.25, 0.3) is 0 Å². The van der Waals surface area contributed by atoms with Gasteiger partial charge in [-0.1, -0.05) is 125 Å². The van der Waals surface area contributed by atoms with Gasteiger partial charge in [-0.05, 0) is 63.5 Å². The molecule has 2 aromatic rings. The zero-order chi connectivity index (χ0) is 37.0. The van der Waals surface area contributed by atoms with E-state index in [0.717, 1.165) is 50.5 Å². The van der Waals surface area contributed by atoms with Gasteiger partial charge in [-0.2, -0.15) is 0 Å². The minimum absolute atomic E-state index is 0.139. The molecule has 0 spiro atoms. The lowest BCUT2D eigenvalue weighted by Gasteiger charge is -2.49. The number of hydrogen-bond donors (Lipinski definition) is 2. The minimum atomic E-state index is -1.41. The number of nitrogens with one attached hydrogen (secondary N) is 1. The molecule has 9 nitrogen and oxygen atoms in total. The summed E-state index contributed by atoms with van der Waals surface area (Å²) in [5.74, 6) is -1.65. The van der Waals surface area contributed by atoms with Crippen LogP contribution in [0.4, 0.5) is 0 Å². The van der Waals surface area contributed by atoms with Gasteiger partial charge in [0.1, 0.15) is 18.2 Å². The Morgan fingerprint density at radius 1 is 0.846 bits per heavy atom. The molecule has 2 aliphatic heterocycles. The van der Waals surface area contributed by atoms with Crippen molar-refractivity contribution >= 4 is 11.9 Å². The Bertz CT molecular complexity index is 1270. The van der Waals surface area contributed by atoms with Crippen molar-refractivity contribution in [1.29, 1.82) is 0 Å². The number of hydrogen-bond acceptors (Lipinski definition) is 8. The number of esters is 1. The molecule has 0 radical (unpaired) electrons. The van der Waals surface area contributed by atoms with E-state index < -0.39 is 42.4 Å². The van der Waals surface area contributed by atoms with Crippen LogP contribution in [0.5, 0.6) is 0 Å². The fraction of sp³-hybridized carbons (Fsp3) is 0.674. The van der Waals surface area contributed by atoms with Gasteiger partial charge < -0.3 is 34.1 Å². The molecule has 2 N–H and O–H groups in total. The van der Waals surface area contributed by atoms with Gasteiger partial charge in [0.2, 0.25) is 5.91 Å². The minimum Gasteiger partial charge on any atom is -0.457 e. The Labute approximate surface area is 312 Å². The van der Waals surface area contributed by atoms with Crippen LogP contribution in [0.1, 0.15) is 128 Å². The van der Waals surface area contributed by atoms with E-state index in [1.165, 1.54) is 50.5 Å². The molecule has 0 bridgehead atoms. The van der Waals surface area contributed by atoms with Crippen molar-refractivity contribution in [3.8, 4) is 0 Å². The van der Waals surface area contributed by atoms with Gasteiger partial charge in [-0.25, -0.2) is 0 Å². The van der Waals surface area contributed by atoms with E-state index in [4.69, 9.17) is 23.7 Å². The standard InChI is InChI=1S/C43H65NO8/c1-4-5-6-7-8-9-10-11-18-28-35(48-30-20-19-26-33-22-14-12-15-23-33)31-37(45)44-39-41(40-36(50-42(39)47)32-49-43(2,3)52-40)51-38(46)29-21-27-34-24-16-13-17-25-34/h12-17,22-25,35-36,39-42,47H,4-11,18-21,26-32H2,1-3H3,(H,44,45)/t35-,36-,39-,40-,41-,42-/m1/s1. The first-order valence-electron chi connectivity index (χ1n) is 20.1. The second-order valence-electron chi connectivity index (χ2n) is 15.0. The number of aliphatic hydroxyl groups is 1. The number of amides is 1. The summed E-state index contributed by atoms with van der Waals surface area (Å²) < 4.78 is 30.3. The topological polar surface area (TPSA) is 113 Å². The molecule has 9 heteroatoms. The number of rotatable bonds is 24. The van der Waals surface area contributed by atoms with Gasteiger partial charge >= 0.3 is 5.97 Å². The molecule has 0 saturated carbocycles. The summed E-state index contributed by atoms with van der Waals surface area (Å²) in [6, 6.07) is 19.4. The first-order chi connectivity index (χ1) is 25.2. The number of unbranched alkanes of at least 4 members (excludes halogenated alkanes) is 9. The van der Waals surface area contributed by atoms with E-state index in [0.29, 0.717) is 13.0 Å². The van der Waals surface area contributed by atoms with E-state index in [-0.39, 0.29) is 31.5 Å². The number of aryl methyl sites for hydroxylation is 2. The molecule has 6 atom stereocenters. The third-order valence-electron chi connectivity index (χ3n) is 10.1. The summed E-state index contributed by atoms with van der Waals surface area (Å²) in [6.45, 7) is 6.55. The summed E-state index contributed by atoms with van der Waals surface area (Å²) in [4.78, 5) is 26.9. The van der Waals surface area contributed by atoms with Crippen LogP contribution in [-0.4, -0.2) is 72.7 Å². The van der Waals surface area contributed by atoms with E-state index >= 15 is 0 Å². The van der Waals surface area contributed by atoms with Crippen molar-refractivity contribution in [1.82, 2.24) is 5.32 Å². The van der Waals surface area contributed by atoms with Crippen molar-refractivity contribution in [2.75, 3.05) is 13.2 Å². The van der Waals surface area contributed by atoms with Crippen LogP contribution < -0.4 is 5.32 Å². The molecule has 2 aliphatic rings. The highest BCUT2D eigenvalue weighted by Crippen LogP contribution is 2.34. The fourth-order valence-corrected chi connectivity index (χ4v) is 7.13. The zero-order valence-electron chi connectivity index (χ0n) is 32.0. The summed E-state index contributed by atoms with van der Waals surface area (Å²) in [5.41, 5.74) is 2.46. The number of carbonyl (C=O) groups is 2. The number of ether oxygens (including phenoxy) is 5. The van der Waals surface area contributed by atoms with Gasteiger partial charge in [-0.3, -0.25) is 9.59 Å². The lowest BCUT2D eigenvalue weighted by Crippen LogP contribution is -2.69. The van der Waals surface area contributed by atoms with Crippen molar-refractivity contribution < 1.29 is 38.4 Å². The predicted octanol–water partition coefficient (Wildman–Crippen LogP) is 7.99. The SMILES string of the molecule is CCCCCCCCCCC[C@H](CC(=O)N[C@@H]1[C@@H](OC(=O)CCCc2ccccc2)[C@@H]2OC(C)(C)OC[C@H]2O[C@H]1O)OCCCCc1ccccc1. The van der Waals surface area contributed by atoms with Crippen molar-refractivity contribution in [3.63, 3.8) is 0 Å². The molecule has 0 aromatic heterocycles. The second kappa shape index (κ2) is 23.1. The molecular weight excluding hydrogens is 658 g/mol. The van der Waals surface area contributed by atoms with Gasteiger partial charge in [0.05, 0.1) is 19.1 Å². The molecule has 1 amide bonds. The first-order valence-corrected chi connectivity index (χ1v) is 20.1. The highest BCUT2D eigenvalue weighted by Gasteiger charge is 2.53. The number of carbonyl (C=O) groups excluding carboxylic acids is 2. The Balaban J connectivity index is 1.33. The third-order valence-corrected chi connectivity index (χ3v) is 10.1. The van der Waals surface area contributed by atoms with Crippen LogP contribution in [0.3, 0.4) is 0 Å². The summed E-state index contributed by atoms with van der Waals surface area (Å²) >= 11 is 0. The van der Waals surface area contributed by atoms with E-state index in [2.05, 4.69) is 36.5 Å². The average molecular weight is 724 g/mol. The lowest BCUT2D eigenvalue weighted by molar-refractivity contribution is -0.365. The van der Waals surface area contributed by atoms with E-state index in [9.17, 15) is 14.7 Å². The van der Waals surface area contributed by atoms with Crippen molar-refractivity contribution in [3.05, 3.63) is 71.8 Å². The number of benzene rings is 2. The van der Waals surface area contributed by atoms with Crippen molar-refractivity contribution in [2.45, 2.75) is 172 Å². The molecule has 0 unspecified atom stereocenters. The van der Waals surface area contributed by atoms with E-state index in [1.54, 1.807) is 13.8 Å². The molecule has 290 valence electrons. The molecule has 2 aromatic carbocycles. The quantitative estimate of drug-likeness (QED) is 0.0828. The fourth-order valence-electron chi connectivity index (χ4n) is 7.13. The number of fused-ring (bicyclic) bond motifs is 1. The third kappa shape index (κ3) is 15.3. The summed E-state index contributed by atoms with van der Waals surface area (Å²) in [7, 11) is 0. The Morgan fingerprint density at radius 3 is 2.12 bits per heavy atom. The van der Waals surface area contributed by atoms with Gasteiger partial charge in [0.15, 0.2) is 18.2 Å². The van der Waals surface area contributed by atoms with Gasteiger partial charge in [-0.15, -0.1) is 0 Å². The molecule has 2 heterocycles. The Kier molecular flexibility index (Phi) is 18.6. The molecule has 52 heavy (non-hydrogen) atoms. The zero-order valence-corrected chi connectivity index (χ0v) is 32.0. The molecule has 0 aliphatic carbocycles. The largest absolute Gasteiger partial charge is 0.457 e. The highest BCUT2D eigenvalue weighted by molar-refractivity contribution is 5.77. The average Bonchev–Trinajstić information content (AvgIpc) is 3.13. The smallest absolute Gasteiger partial charge is 0.306 e. The normalized spacial score (nSPS) is 23.0. The highest BCUT2D eigenvalue weighted by atomic mass is 16.7. The maximum absolute atomic E-state index is 13.7. The van der Waals surface area contributed by atoms with E-state index in [1.807, 2.05) is 36.4 Å². The van der Waals surface area contributed by atoms with Crippen LogP contribution in [0, 0.1) is 0 Å². The number of aliphatic hydroxyl groups excluding tert-OH is 1. The van der Waals surface area contributed by atoms with Crippen LogP contribution in [0.2, 0.25) is 0 Å². The Hall–Kier alpha value is -2.82. The van der Waals surface area contributed by atoms with Crippen molar-refractivity contribution in [2.24, 2.45) is 0 Å².